The number of ether oxygens (including phenoxy) is 1. The second-order valence-electron chi connectivity index (χ2n) is 3.84. The number of hydrogen-bond acceptors (Lipinski definition) is 4. The molecular formula is C10H14ClN3O. The van der Waals surface area contributed by atoms with Gasteiger partial charge < -0.3 is 10.5 Å². The SMILES string of the molecule is NC1CCCC(Oc2ncncc2Cl)C1. The summed E-state index contributed by atoms with van der Waals surface area (Å²) < 4.78 is 5.69. The molecule has 1 saturated carbocycles. The van der Waals surface area contributed by atoms with Crippen LogP contribution in [0.25, 0.3) is 0 Å². The van der Waals surface area contributed by atoms with Crippen molar-refractivity contribution in [3.05, 3.63) is 17.5 Å². The Hall–Kier alpha value is -0.870. The van der Waals surface area contributed by atoms with E-state index < -0.39 is 0 Å². The predicted molar refractivity (Wildman–Crippen MR) is 57.9 cm³/mol. The molecule has 1 aromatic heterocycles. The van der Waals surface area contributed by atoms with Gasteiger partial charge >= 0.3 is 0 Å². The minimum atomic E-state index is 0.140. The van der Waals surface area contributed by atoms with Crippen LogP contribution in [0.5, 0.6) is 5.88 Å². The van der Waals surface area contributed by atoms with Crippen LogP contribution in [0.2, 0.25) is 5.02 Å². The zero-order chi connectivity index (χ0) is 10.7. The molecule has 0 aromatic carbocycles. The van der Waals surface area contributed by atoms with Gasteiger partial charge in [-0.3, -0.25) is 0 Å². The van der Waals surface area contributed by atoms with Crippen molar-refractivity contribution >= 4 is 11.6 Å². The number of halogens is 1. The lowest BCUT2D eigenvalue weighted by Gasteiger charge is -2.26. The number of nitrogens with two attached hydrogens (primary N) is 1. The van der Waals surface area contributed by atoms with Crippen molar-refractivity contribution in [3.8, 4) is 5.88 Å². The third-order valence-electron chi connectivity index (χ3n) is 2.58. The van der Waals surface area contributed by atoms with E-state index in [0.29, 0.717) is 10.9 Å². The van der Waals surface area contributed by atoms with Crippen LogP contribution in [-0.2, 0) is 0 Å². The second kappa shape index (κ2) is 4.77. The summed E-state index contributed by atoms with van der Waals surface area (Å²) in [6.45, 7) is 0. The molecule has 1 aliphatic carbocycles. The molecule has 1 heterocycles. The minimum absolute atomic E-state index is 0.140. The number of aromatic nitrogens is 2. The largest absolute Gasteiger partial charge is 0.473 e. The highest BCUT2D eigenvalue weighted by atomic mass is 35.5. The maximum Gasteiger partial charge on any atom is 0.235 e. The molecule has 0 spiro atoms. The van der Waals surface area contributed by atoms with E-state index in [1.165, 1.54) is 12.5 Å². The highest BCUT2D eigenvalue weighted by Crippen LogP contribution is 2.25. The molecule has 2 rings (SSSR count). The minimum Gasteiger partial charge on any atom is -0.473 e. The molecule has 15 heavy (non-hydrogen) atoms. The first kappa shape index (κ1) is 10.6. The highest BCUT2D eigenvalue weighted by Gasteiger charge is 2.21. The number of nitrogens with zero attached hydrogens (tertiary/aromatic N) is 2. The van der Waals surface area contributed by atoms with Crippen LogP contribution in [0.3, 0.4) is 0 Å². The average Bonchev–Trinajstić information content (AvgIpc) is 2.22. The Labute approximate surface area is 93.8 Å². The van der Waals surface area contributed by atoms with E-state index in [0.717, 1.165) is 25.7 Å². The molecule has 1 aromatic rings. The summed E-state index contributed by atoms with van der Waals surface area (Å²) in [5, 5.41) is 0.455. The van der Waals surface area contributed by atoms with Gasteiger partial charge in [0.05, 0.1) is 6.20 Å². The fourth-order valence-corrected chi connectivity index (χ4v) is 1.98. The lowest BCUT2D eigenvalue weighted by molar-refractivity contribution is 0.138. The Bertz CT molecular complexity index is 334. The Morgan fingerprint density at radius 2 is 2.33 bits per heavy atom. The summed E-state index contributed by atoms with van der Waals surface area (Å²) in [6.07, 6.45) is 7.19. The molecule has 5 heteroatoms. The molecule has 82 valence electrons. The summed E-state index contributed by atoms with van der Waals surface area (Å²) >= 11 is 5.90. The zero-order valence-electron chi connectivity index (χ0n) is 8.40. The number of rotatable bonds is 2. The molecule has 0 saturated heterocycles. The fraction of sp³-hybridized carbons (Fsp3) is 0.600. The number of hydrogen-bond donors (Lipinski definition) is 1. The van der Waals surface area contributed by atoms with Gasteiger partial charge in [-0.25, -0.2) is 9.97 Å². The van der Waals surface area contributed by atoms with Crippen molar-refractivity contribution in [3.63, 3.8) is 0 Å². The monoisotopic (exact) mass is 227 g/mol. The van der Waals surface area contributed by atoms with Crippen LogP contribution in [0.4, 0.5) is 0 Å². The van der Waals surface area contributed by atoms with E-state index in [-0.39, 0.29) is 12.1 Å². The van der Waals surface area contributed by atoms with E-state index >= 15 is 0 Å². The van der Waals surface area contributed by atoms with E-state index in [2.05, 4.69) is 9.97 Å². The normalized spacial score (nSPS) is 26.3. The van der Waals surface area contributed by atoms with E-state index in [9.17, 15) is 0 Å². The van der Waals surface area contributed by atoms with Gasteiger partial charge in [0, 0.05) is 6.04 Å². The van der Waals surface area contributed by atoms with E-state index in [1.54, 1.807) is 0 Å². The molecule has 0 radical (unpaired) electrons. The quantitative estimate of drug-likeness (QED) is 0.837. The van der Waals surface area contributed by atoms with Crippen LogP contribution in [0.15, 0.2) is 12.5 Å². The van der Waals surface area contributed by atoms with Gasteiger partial charge in [0.15, 0.2) is 0 Å². The fourth-order valence-electron chi connectivity index (χ4n) is 1.83. The summed E-state index contributed by atoms with van der Waals surface area (Å²) in [6, 6.07) is 0.240. The molecule has 0 aliphatic heterocycles. The third kappa shape index (κ3) is 2.79. The van der Waals surface area contributed by atoms with Gasteiger partial charge in [-0.05, 0) is 25.7 Å². The summed E-state index contributed by atoms with van der Waals surface area (Å²) in [5.74, 6) is 0.464. The maximum atomic E-state index is 5.90. The van der Waals surface area contributed by atoms with Gasteiger partial charge in [0.25, 0.3) is 0 Å². The Balaban J connectivity index is 1.99. The molecule has 2 unspecified atom stereocenters. The Morgan fingerprint density at radius 3 is 3.07 bits per heavy atom. The third-order valence-corrected chi connectivity index (χ3v) is 2.84. The van der Waals surface area contributed by atoms with Crippen LogP contribution in [0.1, 0.15) is 25.7 Å². The van der Waals surface area contributed by atoms with Crippen molar-refractivity contribution in [2.75, 3.05) is 0 Å². The standard InChI is InChI=1S/C10H14ClN3O/c11-9-5-13-6-14-10(9)15-8-3-1-2-7(12)4-8/h5-8H,1-4,12H2. The molecule has 4 nitrogen and oxygen atoms in total. The van der Waals surface area contributed by atoms with Crippen molar-refractivity contribution < 1.29 is 4.74 Å². The Kier molecular flexibility index (Phi) is 3.38. The van der Waals surface area contributed by atoms with Crippen LogP contribution >= 0.6 is 11.6 Å². The summed E-state index contributed by atoms with van der Waals surface area (Å²) in [4.78, 5) is 7.80. The average molecular weight is 228 g/mol. The van der Waals surface area contributed by atoms with Crippen LogP contribution < -0.4 is 10.5 Å². The summed E-state index contributed by atoms with van der Waals surface area (Å²) in [7, 11) is 0. The first-order valence-electron chi connectivity index (χ1n) is 5.13. The van der Waals surface area contributed by atoms with Gasteiger partial charge in [-0.2, -0.15) is 0 Å². The smallest absolute Gasteiger partial charge is 0.235 e. The van der Waals surface area contributed by atoms with Crippen molar-refractivity contribution in [1.29, 1.82) is 0 Å². The second-order valence-corrected chi connectivity index (χ2v) is 4.25. The van der Waals surface area contributed by atoms with Crippen molar-refractivity contribution in [1.82, 2.24) is 9.97 Å². The van der Waals surface area contributed by atoms with Gasteiger partial charge in [-0.1, -0.05) is 11.6 Å². The predicted octanol–water partition coefficient (Wildman–Crippen LogP) is 1.78. The van der Waals surface area contributed by atoms with E-state index in [1.807, 2.05) is 0 Å². The highest BCUT2D eigenvalue weighted by molar-refractivity contribution is 6.31. The van der Waals surface area contributed by atoms with Crippen LogP contribution in [-0.4, -0.2) is 22.1 Å². The maximum absolute atomic E-state index is 5.90. The van der Waals surface area contributed by atoms with E-state index in [4.69, 9.17) is 22.1 Å². The molecule has 1 fully saturated rings. The van der Waals surface area contributed by atoms with Crippen LogP contribution in [0, 0.1) is 0 Å². The molecule has 2 atom stereocenters. The topological polar surface area (TPSA) is 61.0 Å². The summed E-state index contributed by atoms with van der Waals surface area (Å²) in [5.41, 5.74) is 5.87. The lowest BCUT2D eigenvalue weighted by Crippen LogP contribution is -2.33. The molecular weight excluding hydrogens is 214 g/mol. The van der Waals surface area contributed by atoms with Gasteiger partial charge in [0.1, 0.15) is 17.5 Å². The first-order chi connectivity index (χ1) is 7.25. The molecule has 1 aliphatic rings. The zero-order valence-corrected chi connectivity index (χ0v) is 9.15. The van der Waals surface area contributed by atoms with Gasteiger partial charge in [-0.15, -0.1) is 0 Å². The molecule has 2 N–H and O–H groups in total. The van der Waals surface area contributed by atoms with Crippen molar-refractivity contribution in [2.24, 2.45) is 5.73 Å². The first-order valence-corrected chi connectivity index (χ1v) is 5.51. The lowest BCUT2D eigenvalue weighted by atomic mass is 9.94. The van der Waals surface area contributed by atoms with Crippen molar-refractivity contribution in [2.45, 2.75) is 37.8 Å². The van der Waals surface area contributed by atoms with Gasteiger partial charge in [0.2, 0.25) is 5.88 Å². The molecule has 0 bridgehead atoms. The molecule has 0 amide bonds. The Morgan fingerprint density at radius 1 is 1.47 bits per heavy atom.